The van der Waals surface area contributed by atoms with Crippen molar-refractivity contribution in [2.45, 2.75) is 103 Å². The quantitative estimate of drug-likeness (QED) is 0.538. The van der Waals surface area contributed by atoms with Crippen LogP contribution in [0.4, 0.5) is 0 Å². The van der Waals surface area contributed by atoms with Gasteiger partial charge in [0.1, 0.15) is 0 Å². The Balaban J connectivity index is 2.99. The van der Waals surface area contributed by atoms with Gasteiger partial charge in [0.05, 0.1) is 18.3 Å². The molecule has 0 heterocycles. The molecule has 130 valence electrons. The number of rotatable bonds is 7. The summed E-state index contributed by atoms with van der Waals surface area (Å²) in [4.78, 5) is 0. The highest BCUT2D eigenvalue weighted by molar-refractivity contribution is 6.74. The van der Waals surface area contributed by atoms with Crippen LogP contribution in [0.5, 0.6) is 0 Å². The Morgan fingerprint density at radius 3 is 2.32 bits per heavy atom. The number of unbranched alkanes of at least 4 members (excludes halogenated alkanes) is 1. The van der Waals surface area contributed by atoms with Crippen LogP contribution in [0.2, 0.25) is 18.1 Å². The lowest BCUT2D eigenvalue weighted by atomic mass is 9.97. The van der Waals surface area contributed by atoms with Gasteiger partial charge in [0.15, 0.2) is 8.32 Å². The van der Waals surface area contributed by atoms with Crippen LogP contribution in [0.1, 0.15) is 66.7 Å². The van der Waals surface area contributed by atoms with Gasteiger partial charge in [-0.25, -0.2) is 0 Å². The smallest absolute Gasteiger partial charge is 0.192 e. The molecule has 0 saturated heterocycles. The van der Waals surface area contributed by atoms with Gasteiger partial charge in [-0.15, -0.1) is 0 Å². The normalized spacial score (nSPS) is 23.0. The summed E-state index contributed by atoms with van der Waals surface area (Å²) in [6.45, 7) is 15.2. The van der Waals surface area contributed by atoms with E-state index in [0.717, 1.165) is 43.3 Å². The van der Waals surface area contributed by atoms with E-state index in [2.05, 4.69) is 40.8 Å². The van der Waals surface area contributed by atoms with Crippen LogP contribution in [0.25, 0.3) is 0 Å². The highest BCUT2D eigenvalue weighted by atomic mass is 28.4. The molecule has 0 aromatic carbocycles. The van der Waals surface area contributed by atoms with Gasteiger partial charge in [-0.2, -0.15) is 0 Å². The van der Waals surface area contributed by atoms with Crippen molar-refractivity contribution in [2.75, 3.05) is 0 Å². The van der Waals surface area contributed by atoms with E-state index >= 15 is 0 Å². The van der Waals surface area contributed by atoms with Gasteiger partial charge in [0.25, 0.3) is 0 Å². The summed E-state index contributed by atoms with van der Waals surface area (Å²) in [6.07, 6.45) is 3.60. The first-order valence-corrected chi connectivity index (χ1v) is 11.7. The highest BCUT2D eigenvalue weighted by Crippen LogP contribution is 2.42. The van der Waals surface area contributed by atoms with Crippen molar-refractivity contribution in [1.29, 1.82) is 0 Å². The van der Waals surface area contributed by atoms with Crippen molar-refractivity contribution in [3.05, 3.63) is 11.1 Å². The molecule has 4 heteroatoms. The molecule has 0 aromatic rings. The summed E-state index contributed by atoms with van der Waals surface area (Å²) in [5.74, 6) is 0. The first-order valence-electron chi connectivity index (χ1n) is 8.78. The van der Waals surface area contributed by atoms with E-state index in [0.29, 0.717) is 0 Å². The molecular formula is C18H36O3Si. The van der Waals surface area contributed by atoms with Gasteiger partial charge in [0, 0.05) is 0 Å². The maximum absolute atomic E-state index is 10.6. The van der Waals surface area contributed by atoms with E-state index in [1.807, 2.05) is 0 Å². The minimum Gasteiger partial charge on any atom is -0.410 e. The van der Waals surface area contributed by atoms with Gasteiger partial charge in [-0.05, 0) is 55.5 Å². The predicted molar refractivity (Wildman–Crippen MR) is 95.5 cm³/mol. The average Bonchev–Trinajstić information content (AvgIpc) is 2.77. The Bertz CT molecular complexity index is 394. The SMILES string of the molecule is CCCCC(O)C1=C(C(C)O)CCC1O[Si](C)(C)C(C)(C)C. The molecule has 0 bridgehead atoms. The maximum Gasteiger partial charge on any atom is 0.192 e. The number of hydrogen-bond acceptors (Lipinski definition) is 3. The molecule has 0 aliphatic heterocycles. The van der Waals surface area contributed by atoms with Crippen molar-refractivity contribution in [2.24, 2.45) is 0 Å². The second-order valence-corrected chi connectivity index (χ2v) is 13.0. The van der Waals surface area contributed by atoms with E-state index in [1.165, 1.54) is 0 Å². The van der Waals surface area contributed by atoms with Gasteiger partial charge < -0.3 is 14.6 Å². The molecule has 22 heavy (non-hydrogen) atoms. The van der Waals surface area contributed by atoms with Crippen LogP contribution in [-0.4, -0.2) is 36.8 Å². The molecule has 0 amide bonds. The van der Waals surface area contributed by atoms with Crippen LogP contribution in [0.15, 0.2) is 11.1 Å². The Morgan fingerprint density at radius 1 is 1.27 bits per heavy atom. The molecule has 3 nitrogen and oxygen atoms in total. The van der Waals surface area contributed by atoms with Crippen molar-refractivity contribution in [1.82, 2.24) is 0 Å². The van der Waals surface area contributed by atoms with E-state index in [-0.39, 0.29) is 11.1 Å². The van der Waals surface area contributed by atoms with Crippen molar-refractivity contribution < 1.29 is 14.6 Å². The van der Waals surface area contributed by atoms with Gasteiger partial charge in [-0.1, -0.05) is 40.5 Å². The topological polar surface area (TPSA) is 49.7 Å². The fraction of sp³-hybridized carbons (Fsp3) is 0.889. The molecule has 3 atom stereocenters. The minimum absolute atomic E-state index is 0.0163. The van der Waals surface area contributed by atoms with E-state index < -0.39 is 20.5 Å². The van der Waals surface area contributed by atoms with Crippen LogP contribution in [0.3, 0.4) is 0 Å². The van der Waals surface area contributed by atoms with E-state index in [9.17, 15) is 10.2 Å². The lowest BCUT2D eigenvalue weighted by Crippen LogP contribution is -2.44. The summed E-state index contributed by atoms with van der Waals surface area (Å²) >= 11 is 0. The molecule has 3 unspecified atom stereocenters. The molecule has 1 aliphatic rings. The Labute approximate surface area is 137 Å². The first-order chi connectivity index (χ1) is 10.0. The number of aliphatic hydroxyl groups excluding tert-OH is 2. The van der Waals surface area contributed by atoms with Gasteiger partial charge in [-0.3, -0.25) is 0 Å². The van der Waals surface area contributed by atoms with E-state index in [4.69, 9.17) is 4.43 Å². The summed E-state index contributed by atoms with van der Waals surface area (Å²) in [5.41, 5.74) is 1.99. The fourth-order valence-corrected chi connectivity index (χ4v) is 4.19. The molecule has 0 saturated carbocycles. The standard InChI is InChI=1S/C18H36O3Si/c1-8-9-10-15(20)17-14(13(2)19)11-12-16(17)21-22(6,7)18(3,4)5/h13,15-16,19-20H,8-12H2,1-7H3. The molecular weight excluding hydrogens is 292 g/mol. The lowest BCUT2D eigenvalue weighted by molar-refractivity contribution is 0.141. The minimum atomic E-state index is -1.88. The highest BCUT2D eigenvalue weighted by Gasteiger charge is 2.42. The molecule has 0 aromatic heterocycles. The average molecular weight is 329 g/mol. The largest absolute Gasteiger partial charge is 0.410 e. The lowest BCUT2D eigenvalue weighted by Gasteiger charge is -2.39. The summed E-state index contributed by atoms with van der Waals surface area (Å²) in [7, 11) is -1.88. The third kappa shape index (κ3) is 4.67. The van der Waals surface area contributed by atoms with Crippen molar-refractivity contribution in [3.63, 3.8) is 0 Å². The van der Waals surface area contributed by atoms with Crippen molar-refractivity contribution in [3.8, 4) is 0 Å². The fourth-order valence-electron chi connectivity index (χ4n) is 2.88. The Kier molecular flexibility index (Phi) is 6.87. The van der Waals surface area contributed by atoms with Crippen LogP contribution < -0.4 is 0 Å². The monoisotopic (exact) mass is 328 g/mol. The van der Waals surface area contributed by atoms with Crippen LogP contribution >= 0.6 is 0 Å². The second-order valence-electron chi connectivity index (χ2n) is 8.22. The molecule has 0 spiro atoms. The van der Waals surface area contributed by atoms with Gasteiger partial charge >= 0.3 is 0 Å². The zero-order valence-corrected chi connectivity index (χ0v) is 16.6. The second kappa shape index (κ2) is 7.60. The first kappa shape index (κ1) is 19.9. The third-order valence-electron chi connectivity index (χ3n) is 5.33. The Morgan fingerprint density at radius 2 is 1.86 bits per heavy atom. The summed E-state index contributed by atoms with van der Waals surface area (Å²) < 4.78 is 6.57. The zero-order chi connectivity index (χ0) is 17.1. The molecule has 0 radical (unpaired) electrons. The maximum atomic E-state index is 10.6. The molecule has 1 aliphatic carbocycles. The van der Waals surface area contributed by atoms with E-state index in [1.54, 1.807) is 6.92 Å². The van der Waals surface area contributed by atoms with Crippen LogP contribution in [-0.2, 0) is 4.43 Å². The molecule has 2 N–H and O–H groups in total. The zero-order valence-electron chi connectivity index (χ0n) is 15.6. The number of aliphatic hydroxyl groups is 2. The van der Waals surface area contributed by atoms with Crippen molar-refractivity contribution >= 4 is 8.32 Å². The van der Waals surface area contributed by atoms with Crippen LogP contribution in [0, 0.1) is 0 Å². The molecule has 0 fully saturated rings. The third-order valence-corrected chi connectivity index (χ3v) is 9.82. The Hall–Kier alpha value is -0.163. The molecule has 1 rings (SSSR count). The predicted octanol–water partition coefficient (Wildman–Crippen LogP) is 4.40. The summed E-state index contributed by atoms with van der Waals surface area (Å²) in [6, 6.07) is 0. The number of hydrogen-bond donors (Lipinski definition) is 2. The summed E-state index contributed by atoms with van der Waals surface area (Å²) in [5, 5.41) is 20.8. The van der Waals surface area contributed by atoms with Gasteiger partial charge in [0.2, 0.25) is 0 Å².